The largest absolute Gasteiger partial charge is 0.305 e. The summed E-state index contributed by atoms with van der Waals surface area (Å²) in [7, 11) is 0. The van der Waals surface area contributed by atoms with Gasteiger partial charge in [-0.05, 0) is 36.4 Å². The molecule has 2 aromatic carbocycles. The Morgan fingerprint density at radius 3 is 2.52 bits per heavy atom. The first-order chi connectivity index (χ1) is 12.9. The fraction of sp³-hybridized carbons (Fsp3) is 0.190. The molecule has 0 fully saturated rings. The third-order valence-corrected chi connectivity index (χ3v) is 4.49. The summed E-state index contributed by atoms with van der Waals surface area (Å²) in [5.41, 5.74) is 4.41. The highest BCUT2D eigenvalue weighted by Gasteiger charge is 2.17. The Bertz CT molecular complexity index is 1100. The highest BCUT2D eigenvalue weighted by atomic mass is 16.1. The molecule has 0 bridgehead atoms. The van der Waals surface area contributed by atoms with E-state index in [2.05, 4.69) is 41.3 Å². The van der Waals surface area contributed by atoms with Crippen molar-refractivity contribution in [2.45, 2.75) is 26.2 Å². The van der Waals surface area contributed by atoms with E-state index in [0.717, 1.165) is 22.4 Å². The van der Waals surface area contributed by atoms with Crippen molar-refractivity contribution in [3.05, 3.63) is 72.2 Å². The lowest BCUT2D eigenvalue weighted by Crippen LogP contribution is -2.12. The quantitative estimate of drug-likeness (QED) is 0.573. The fourth-order valence-corrected chi connectivity index (χ4v) is 2.90. The van der Waals surface area contributed by atoms with Crippen LogP contribution in [0.1, 0.15) is 36.8 Å². The van der Waals surface area contributed by atoms with Crippen LogP contribution in [-0.2, 0) is 5.41 Å². The zero-order valence-electron chi connectivity index (χ0n) is 15.5. The molecular formula is C21H21N5O. The number of H-pyrrole nitrogens is 1. The van der Waals surface area contributed by atoms with Crippen LogP contribution < -0.4 is 5.32 Å². The van der Waals surface area contributed by atoms with E-state index in [1.165, 1.54) is 0 Å². The molecule has 2 heterocycles. The minimum Gasteiger partial charge on any atom is -0.305 e. The topological polar surface area (TPSA) is 75.6 Å². The molecule has 0 spiro atoms. The van der Waals surface area contributed by atoms with Gasteiger partial charge in [0.15, 0.2) is 5.82 Å². The normalized spacial score (nSPS) is 11.7. The maximum absolute atomic E-state index is 12.5. The van der Waals surface area contributed by atoms with Crippen LogP contribution in [0.15, 0.2) is 60.9 Å². The first kappa shape index (κ1) is 17.0. The lowest BCUT2D eigenvalue weighted by atomic mass is 9.92. The summed E-state index contributed by atoms with van der Waals surface area (Å²) in [6, 6.07) is 17.2. The van der Waals surface area contributed by atoms with E-state index in [-0.39, 0.29) is 11.3 Å². The molecule has 2 aromatic heterocycles. The van der Waals surface area contributed by atoms with Gasteiger partial charge in [-0.1, -0.05) is 32.9 Å². The molecule has 136 valence electrons. The van der Waals surface area contributed by atoms with Gasteiger partial charge >= 0.3 is 0 Å². The molecule has 0 unspecified atom stereocenters. The van der Waals surface area contributed by atoms with E-state index < -0.39 is 0 Å². The maximum atomic E-state index is 12.5. The molecule has 27 heavy (non-hydrogen) atoms. The Labute approximate surface area is 157 Å². The van der Waals surface area contributed by atoms with Crippen LogP contribution >= 0.6 is 0 Å². The lowest BCUT2D eigenvalue weighted by molar-refractivity contribution is 0.102. The van der Waals surface area contributed by atoms with Gasteiger partial charge in [0.1, 0.15) is 6.33 Å². The Kier molecular flexibility index (Phi) is 4.03. The van der Waals surface area contributed by atoms with Crippen molar-refractivity contribution in [1.29, 1.82) is 0 Å². The van der Waals surface area contributed by atoms with Crippen LogP contribution in [-0.4, -0.2) is 25.7 Å². The van der Waals surface area contributed by atoms with E-state index in [1.807, 2.05) is 47.0 Å². The van der Waals surface area contributed by atoms with E-state index >= 15 is 0 Å². The number of amides is 1. The van der Waals surface area contributed by atoms with Crippen LogP contribution in [0.2, 0.25) is 0 Å². The van der Waals surface area contributed by atoms with Gasteiger partial charge in [-0.15, -0.1) is 0 Å². The van der Waals surface area contributed by atoms with Gasteiger partial charge in [-0.25, -0.2) is 4.98 Å². The molecule has 4 aromatic rings. The summed E-state index contributed by atoms with van der Waals surface area (Å²) >= 11 is 0. The molecule has 0 saturated heterocycles. The van der Waals surface area contributed by atoms with Crippen LogP contribution in [0.5, 0.6) is 0 Å². The first-order valence-corrected chi connectivity index (χ1v) is 8.81. The molecule has 2 N–H and O–H groups in total. The molecule has 0 aliphatic heterocycles. The third-order valence-electron chi connectivity index (χ3n) is 4.49. The van der Waals surface area contributed by atoms with Gasteiger partial charge in [-0.2, -0.15) is 5.10 Å². The van der Waals surface area contributed by atoms with Crippen molar-refractivity contribution in [3.63, 3.8) is 0 Å². The minimum atomic E-state index is -0.191. The first-order valence-electron chi connectivity index (χ1n) is 8.81. The van der Waals surface area contributed by atoms with Gasteiger partial charge in [-0.3, -0.25) is 14.5 Å². The molecule has 0 aliphatic rings. The Hall–Kier alpha value is -3.41. The number of nitrogens with zero attached hydrogens (tertiary/aromatic N) is 3. The molecule has 6 nitrogen and oxygen atoms in total. The van der Waals surface area contributed by atoms with Crippen molar-refractivity contribution in [3.8, 4) is 5.69 Å². The summed E-state index contributed by atoms with van der Waals surface area (Å²) in [6.07, 6.45) is 1.79. The number of aromatic nitrogens is 4. The summed E-state index contributed by atoms with van der Waals surface area (Å²) in [5, 5.41) is 9.98. The Morgan fingerprint density at radius 1 is 1.07 bits per heavy atom. The second-order valence-electron chi connectivity index (χ2n) is 7.52. The van der Waals surface area contributed by atoms with Crippen LogP contribution in [0, 0.1) is 0 Å². The van der Waals surface area contributed by atoms with E-state index in [9.17, 15) is 4.79 Å². The molecule has 1 amide bonds. The van der Waals surface area contributed by atoms with Crippen molar-refractivity contribution in [2.75, 3.05) is 5.32 Å². The van der Waals surface area contributed by atoms with E-state index in [1.54, 1.807) is 18.5 Å². The number of hydrogen-bond donors (Lipinski definition) is 2. The van der Waals surface area contributed by atoms with Crippen molar-refractivity contribution in [2.24, 2.45) is 0 Å². The molecule has 0 saturated carbocycles. The summed E-state index contributed by atoms with van der Waals surface area (Å²) in [6.45, 7) is 6.26. The Balaban J connectivity index is 1.53. The van der Waals surface area contributed by atoms with Crippen LogP contribution in [0.3, 0.4) is 0 Å². The highest BCUT2D eigenvalue weighted by molar-refractivity contribution is 6.03. The number of rotatable bonds is 3. The number of imidazole rings is 1. The number of nitrogens with one attached hydrogen (secondary N) is 2. The number of aromatic amines is 1. The fourth-order valence-electron chi connectivity index (χ4n) is 2.90. The average Bonchev–Trinajstić information content (AvgIpc) is 3.28. The number of anilines is 1. The minimum absolute atomic E-state index is 0.0504. The number of fused-ring (bicyclic) bond motifs is 1. The van der Waals surface area contributed by atoms with E-state index in [4.69, 9.17) is 0 Å². The third kappa shape index (κ3) is 3.33. The van der Waals surface area contributed by atoms with Gasteiger partial charge in [0.05, 0.1) is 11.0 Å². The Morgan fingerprint density at radius 2 is 1.81 bits per heavy atom. The standard InChI is InChI=1S/C21H21N5O/c1-21(2,3)18-12-19(25-24-18)23-20(27)14-8-10-15(11-9-14)26-13-22-16-6-4-5-7-17(16)26/h4-13H,1-3H3,(H2,23,24,25,27). The second-order valence-corrected chi connectivity index (χ2v) is 7.52. The number of benzene rings is 2. The summed E-state index contributed by atoms with van der Waals surface area (Å²) in [4.78, 5) is 16.9. The monoisotopic (exact) mass is 359 g/mol. The van der Waals surface area contributed by atoms with Crippen molar-refractivity contribution < 1.29 is 4.79 Å². The average molecular weight is 359 g/mol. The maximum Gasteiger partial charge on any atom is 0.256 e. The molecular weight excluding hydrogens is 338 g/mol. The van der Waals surface area contributed by atoms with Crippen molar-refractivity contribution >= 4 is 22.8 Å². The summed E-state index contributed by atoms with van der Waals surface area (Å²) in [5.74, 6) is 0.332. The predicted molar refractivity (Wildman–Crippen MR) is 106 cm³/mol. The second kappa shape index (κ2) is 6.39. The SMILES string of the molecule is CC(C)(C)c1cc(NC(=O)c2ccc(-n3cnc4ccccc43)cc2)n[nH]1. The van der Waals surface area contributed by atoms with Gasteiger partial charge in [0.25, 0.3) is 5.91 Å². The zero-order valence-corrected chi connectivity index (χ0v) is 15.5. The number of para-hydroxylation sites is 2. The molecule has 4 rings (SSSR count). The summed E-state index contributed by atoms with van der Waals surface area (Å²) < 4.78 is 2.00. The lowest BCUT2D eigenvalue weighted by Gasteiger charge is -2.14. The van der Waals surface area contributed by atoms with Crippen LogP contribution in [0.25, 0.3) is 16.7 Å². The number of carbonyl (C=O) groups is 1. The van der Waals surface area contributed by atoms with Crippen LogP contribution in [0.4, 0.5) is 5.82 Å². The zero-order chi connectivity index (χ0) is 19.0. The number of carbonyl (C=O) groups excluding carboxylic acids is 1. The molecule has 0 aliphatic carbocycles. The molecule has 6 heteroatoms. The smallest absolute Gasteiger partial charge is 0.256 e. The predicted octanol–water partition coefficient (Wildman–Crippen LogP) is 4.30. The van der Waals surface area contributed by atoms with Gasteiger partial charge in [0, 0.05) is 28.4 Å². The van der Waals surface area contributed by atoms with Gasteiger partial charge in [0.2, 0.25) is 0 Å². The molecule has 0 atom stereocenters. The van der Waals surface area contributed by atoms with Crippen molar-refractivity contribution in [1.82, 2.24) is 19.7 Å². The van der Waals surface area contributed by atoms with Gasteiger partial charge < -0.3 is 5.32 Å². The van der Waals surface area contributed by atoms with E-state index in [0.29, 0.717) is 11.4 Å². The number of hydrogen-bond acceptors (Lipinski definition) is 3. The molecule has 0 radical (unpaired) electrons. The highest BCUT2D eigenvalue weighted by Crippen LogP contribution is 2.22.